The predicted octanol–water partition coefficient (Wildman–Crippen LogP) is 4.79. The van der Waals surface area contributed by atoms with Crippen molar-refractivity contribution in [3.05, 3.63) is 102 Å². The average Bonchev–Trinajstić information content (AvgIpc) is 3.07. The highest BCUT2D eigenvalue weighted by Gasteiger charge is 2.40. The topological polar surface area (TPSA) is 75.7 Å². The van der Waals surface area contributed by atoms with Gasteiger partial charge in [-0.3, -0.25) is 9.59 Å². The molecule has 4 rings (SSSR count). The SMILES string of the molecule is CCCOC(=O)c1ccc(N2C(=O)C(Nc3cccc(F)c3)=C(c3ccccc3)C2=O)cc1. The van der Waals surface area contributed by atoms with E-state index in [2.05, 4.69) is 5.32 Å². The van der Waals surface area contributed by atoms with E-state index in [1.807, 2.05) is 6.92 Å². The molecule has 166 valence electrons. The van der Waals surface area contributed by atoms with E-state index in [1.165, 1.54) is 42.5 Å². The third kappa shape index (κ3) is 4.52. The fourth-order valence-electron chi connectivity index (χ4n) is 3.49. The third-order valence-corrected chi connectivity index (χ3v) is 5.04. The van der Waals surface area contributed by atoms with Crippen molar-refractivity contribution in [2.24, 2.45) is 0 Å². The van der Waals surface area contributed by atoms with Crippen molar-refractivity contribution in [3.8, 4) is 0 Å². The minimum absolute atomic E-state index is 0.0447. The highest BCUT2D eigenvalue weighted by molar-refractivity contribution is 6.46. The monoisotopic (exact) mass is 444 g/mol. The van der Waals surface area contributed by atoms with E-state index in [0.29, 0.717) is 35.5 Å². The second kappa shape index (κ2) is 9.48. The highest BCUT2D eigenvalue weighted by Crippen LogP contribution is 2.34. The molecule has 0 aliphatic carbocycles. The van der Waals surface area contributed by atoms with Crippen LogP contribution in [0.3, 0.4) is 0 Å². The molecule has 33 heavy (non-hydrogen) atoms. The quantitative estimate of drug-likeness (QED) is 0.419. The predicted molar refractivity (Wildman–Crippen MR) is 123 cm³/mol. The molecule has 6 nitrogen and oxygen atoms in total. The van der Waals surface area contributed by atoms with Crippen LogP contribution in [0.1, 0.15) is 29.3 Å². The molecule has 0 spiro atoms. The van der Waals surface area contributed by atoms with Crippen molar-refractivity contribution >= 4 is 34.7 Å². The van der Waals surface area contributed by atoms with Gasteiger partial charge in [-0.05, 0) is 54.4 Å². The van der Waals surface area contributed by atoms with E-state index in [1.54, 1.807) is 36.4 Å². The van der Waals surface area contributed by atoms with Gasteiger partial charge in [0.25, 0.3) is 11.8 Å². The van der Waals surface area contributed by atoms with Gasteiger partial charge in [0.15, 0.2) is 0 Å². The number of nitrogens with zero attached hydrogens (tertiary/aromatic N) is 1. The lowest BCUT2D eigenvalue weighted by molar-refractivity contribution is -0.120. The molecule has 3 aromatic carbocycles. The second-order valence-corrected chi connectivity index (χ2v) is 7.38. The summed E-state index contributed by atoms with van der Waals surface area (Å²) in [6.07, 6.45) is 0.704. The normalized spacial score (nSPS) is 13.5. The first-order chi connectivity index (χ1) is 16.0. The number of hydrogen-bond acceptors (Lipinski definition) is 5. The Morgan fingerprint density at radius 3 is 2.33 bits per heavy atom. The van der Waals surface area contributed by atoms with Crippen LogP contribution in [0.15, 0.2) is 84.6 Å². The molecule has 3 aromatic rings. The van der Waals surface area contributed by atoms with Gasteiger partial charge in [-0.2, -0.15) is 0 Å². The third-order valence-electron chi connectivity index (χ3n) is 5.04. The molecule has 0 saturated heterocycles. The molecule has 0 unspecified atom stereocenters. The van der Waals surface area contributed by atoms with Crippen molar-refractivity contribution in [1.82, 2.24) is 0 Å². The Bertz CT molecular complexity index is 1240. The number of amides is 2. The minimum Gasteiger partial charge on any atom is -0.462 e. The molecule has 1 aliphatic heterocycles. The van der Waals surface area contributed by atoms with Gasteiger partial charge < -0.3 is 10.1 Å². The van der Waals surface area contributed by atoms with Gasteiger partial charge >= 0.3 is 5.97 Å². The Morgan fingerprint density at radius 2 is 1.67 bits per heavy atom. The van der Waals surface area contributed by atoms with Crippen LogP contribution in [0.2, 0.25) is 0 Å². The molecule has 1 heterocycles. The zero-order chi connectivity index (χ0) is 23.4. The van der Waals surface area contributed by atoms with Crippen LogP contribution < -0.4 is 10.2 Å². The average molecular weight is 444 g/mol. The van der Waals surface area contributed by atoms with Crippen LogP contribution in [0.5, 0.6) is 0 Å². The standard InChI is InChI=1S/C26H21FN2O4/c1-2-15-33-26(32)18-11-13-21(14-12-18)29-24(30)22(17-7-4-3-5-8-17)23(25(29)31)28-20-10-6-9-19(27)16-20/h3-14,16,28H,2,15H2,1H3. The molecule has 0 atom stereocenters. The first-order valence-corrected chi connectivity index (χ1v) is 10.5. The maximum absolute atomic E-state index is 13.7. The van der Waals surface area contributed by atoms with E-state index in [4.69, 9.17) is 4.74 Å². The fourth-order valence-corrected chi connectivity index (χ4v) is 3.49. The van der Waals surface area contributed by atoms with E-state index in [9.17, 15) is 18.8 Å². The lowest BCUT2D eigenvalue weighted by atomic mass is 10.0. The summed E-state index contributed by atoms with van der Waals surface area (Å²) in [6, 6.07) is 20.5. The van der Waals surface area contributed by atoms with Gasteiger partial charge in [-0.25, -0.2) is 14.1 Å². The highest BCUT2D eigenvalue weighted by atomic mass is 19.1. The number of anilines is 2. The fraction of sp³-hybridized carbons (Fsp3) is 0.115. The number of ether oxygens (including phenoxy) is 1. The minimum atomic E-state index is -0.579. The van der Waals surface area contributed by atoms with E-state index < -0.39 is 23.6 Å². The number of halogens is 1. The summed E-state index contributed by atoms with van der Waals surface area (Å²) in [5.41, 5.74) is 1.74. The first kappa shape index (κ1) is 22.0. The number of benzene rings is 3. The van der Waals surface area contributed by atoms with Crippen molar-refractivity contribution < 1.29 is 23.5 Å². The van der Waals surface area contributed by atoms with Gasteiger partial charge in [0.2, 0.25) is 0 Å². The number of imide groups is 1. The lowest BCUT2D eigenvalue weighted by Crippen LogP contribution is -2.32. The molecule has 2 amide bonds. The molecule has 0 radical (unpaired) electrons. The van der Waals surface area contributed by atoms with Crippen LogP contribution in [0, 0.1) is 5.82 Å². The molecule has 1 aliphatic rings. The Kier molecular flexibility index (Phi) is 6.31. The van der Waals surface area contributed by atoms with Gasteiger partial charge in [-0.15, -0.1) is 0 Å². The lowest BCUT2D eigenvalue weighted by Gasteiger charge is -2.16. The number of esters is 1. The summed E-state index contributed by atoms with van der Waals surface area (Å²) < 4.78 is 18.8. The molecule has 7 heteroatoms. The number of carbonyl (C=O) groups is 3. The summed E-state index contributed by atoms with van der Waals surface area (Å²) >= 11 is 0. The van der Waals surface area contributed by atoms with Crippen molar-refractivity contribution in [3.63, 3.8) is 0 Å². The van der Waals surface area contributed by atoms with Gasteiger partial charge in [-0.1, -0.05) is 43.3 Å². The number of hydrogen-bond donors (Lipinski definition) is 1. The first-order valence-electron chi connectivity index (χ1n) is 10.5. The van der Waals surface area contributed by atoms with Gasteiger partial charge in [0.05, 0.1) is 23.4 Å². The zero-order valence-electron chi connectivity index (χ0n) is 17.9. The van der Waals surface area contributed by atoms with Crippen LogP contribution >= 0.6 is 0 Å². The van der Waals surface area contributed by atoms with Crippen LogP contribution in [-0.4, -0.2) is 24.4 Å². The van der Waals surface area contributed by atoms with Crippen LogP contribution in [-0.2, 0) is 14.3 Å². The van der Waals surface area contributed by atoms with E-state index >= 15 is 0 Å². The second-order valence-electron chi connectivity index (χ2n) is 7.38. The molecule has 0 aromatic heterocycles. The summed E-state index contributed by atoms with van der Waals surface area (Å²) in [5.74, 6) is -2.05. The smallest absolute Gasteiger partial charge is 0.338 e. The summed E-state index contributed by atoms with van der Waals surface area (Å²) in [7, 11) is 0. The van der Waals surface area contributed by atoms with Gasteiger partial charge in [0.1, 0.15) is 11.5 Å². The summed E-state index contributed by atoms with van der Waals surface area (Å²) in [6.45, 7) is 2.21. The molecule has 0 fully saturated rings. The van der Waals surface area contributed by atoms with Gasteiger partial charge in [0, 0.05) is 5.69 Å². The number of rotatable bonds is 7. The Morgan fingerprint density at radius 1 is 0.939 bits per heavy atom. The molecular formula is C26H21FN2O4. The molecule has 1 N–H and O–H groups in total. The Balaban J connectivity index is 1.69. The Hall–Kier alpha value is -4.26. The van der Waals surface area contributed by atoms with Crippen molar-refractivity contribution in [1.29, 1.82) is 0 Å². The van der Waals surface area contributed by atoms with E-state index in [-0.39, 0.29) is 11.3 Å². The molecule has 0 bridgehead atoms. The number of nitrogens with one attached hydrogen (secondary N) is 1. The van der Waals surface area contributed by atoms with Crippen molar-refractivity contribution in [2.75, 3.05) is 16.8 Å². The Labute approximate surface area is 190 Å². The molecular weight excluding hydrogens is 423 g/mol. The van der Waals surface area contributed by atoms with Crippen LogP contribution in [0.25, 0.3) is 5.57 Å². The largest absolute Gasteiger partial charge is 0.462 e. The van der Waals surface area contributed by atoms with Crippen LogP contribution in [0.4, 0.5) is 15.8 Å². The van der Waals surface area contributed by atoms with E-state index in [0.717, 1.165) is 4.90 Å². The molecule has 0 saturated carbocycles. The maximum atomic E-state index is 13.7. The zero-order valence-corrected chi connectivity index (χ0v) is 17.9. The van der Waals surface area contributed by atoms with Crippen molar-refractivity contribution in [2.45, 2.75) is 13.3 Å². The summed E-state index contributed by atoms with van der Waals surface area (Å²) in [4.78, 5) is 39.8. The maximum Gasteiger partial charge on any atom is 0.338 e. The number of carbonyl (C=O) groups excluding carboxylic acids is 3. The summed E-state index contributed by atoms with van der Waals surface area (Å²) in [5, 5.41) is 2.92.